The van der Waals surface area contributed by atoms with Crippen LogP contribution < -0.4 is 0 Å². The molecule has 1 heterocycles. The summed E-state index contributed by atoms with van der Waals surface area (Å²) >= 11 is 0. The summed E-state index contributed by atoms with van der Waals surface area (Å²) in [6.07, 6.45) is 3.19. The largest absolute Gasteiger partial charge is 0.370 e. The molecule has 0 aromatic heterocycles. The molecule has 0 aromatic carbocycles. The number of ether oxygens (including phenoxy) is 1. The van der Waals surface area contributed by atoms with Gasteiger partial charge in [-0.25, -0.2) is 0 Å². The van der Waals surface area contributed by atoms with Gasteiger partial charge in [0.2, 0.25) is 0 Å². The number of fused-ring (bicyclic) bond motifs is 1. The topological polar surface area (TPSA) is 71.4 Å². The molecule has 0 N–H and O–H groups in total. The Bertz CT molecular complexity index is 221. The summed E-state index contributed by atoms with van der Waals surface area (Å²) in [6.45, 7) is 0.399. The SMILES string of the molecule is O=NCC1(CN=O)CCC2OC2C1. The second-order valence-electron chi connectivity index (χ2n) is 4.03. The molecule has 72 valence electrons. The average molecular weight is 184 g/mol. The van der Waals surface area contributed by atoms with Crippen LogP contribution in [0.25, 0.3) is 0 Å². The zero-order valence-corrected chi connectivity index (χ0v) is 7.31. The van der Waals surface area contributed by atoms with E-state index in [0.29, 0.717) is 6.10 Å². The summed E-state index contributed by atoms with van der Waals surface area (Å²) in [6, 6.07) is 0. The molecular weight excluding hydrogens is 172 g/mol. The van der Waals surface area contributed by atoms with Crippen LogP contribution in [0.2, 0.25) is 0 Å². The average Bonchev–Trinajstić information content (AvgIpc) is 2.83. The van der Waals surface area contributed by atoms with Crippen molar-refractivity contribution in [1.29, 1.82) is 0 Å². The van der Waals surface area contributed by atoms with Gasteiger partial charge in [0.1, 0.15) is 0 Å². The highest BCUT2D eigenvalue weighted by molar-refractivity contribution is 5.00. The van der Waals surface area contributed by atoms with Crippen molar-refractivity contribution < 1.29 is 4.74 Å². The first kappa shape index (κ1) is 8.74. The minimum atomic E-state index is -0.291. The molecular formula is C8H12N2O3. The second-order valence-corrected chi connectivity index (χ2v) is 4.03. The van der Waals surface area contributed by atoms with Gasteiger partial charge in [0.15, 0.2) is 0 Å². The van der Waals surface area contributed by atoms with E-state index in [-0.39, 0.29) is 24.6 Å². The third-order valence-electron chi connectivity index (χ3n) is 3.08. The van der Waals surface area contributed by atoms with Crippen molar-refractivity contribution in [1.82, 2.24) is 0 Å². The molecule has 2 fully saturated rings. The maximum atomic E-state index is 10.2. The van der Waals surface area contributed by atoms with Crippen molar-refractivity contribution in [3.05, 3.63) is 9.81 Å². The Morgan fingerprint density at radius 1 is 1.23 bits per heavy atom. The highest BCUT2D eigenvalue weighted by Gasteiger charge is 2.50. The van der Waals surface area contributed by atoms with Crippen LogP contribution in [0.5, 0.6) is 0 Å². The minimum absolute atomic E-state index is 0.200. The molecule has 13 heavy (non-hydrogen) atoms. The van der Waals surface area contributed by atoms with Gasteiger partial charge >= 0.3 is 0 Å². The molecule has 2 atom stereocenters. The van der Waals surface area contributed by atoms with Gasteiger partial charge < -0.3 is 4.74 Å². The number of hydrogen-bond acceptors (Lipinski definition) is 5. The van der Waals surface area contributed by atoms with Crippen LogP contribution >= 0.6 is 0 Å². The first-order valence-electron chi connectivity index (χ1n) is 4.53. The maximum absolute atomic E-state index is 10.2. The van der Waals surface area contributed by atoms with Gasteiger partial charge in [-0.2, -0.15) is 9.81 Å². The highest BCUT2D eigenvalue weighted by atomic mass is 16.6. The van der Waals surface area contributed by atoms with E-state index in [1.54, 1.807) is 0 Å². The van der Waals surface area contributed by atoms with E-state index < -0.39 is 0 Å². The molecule has 1 saturated heterocycles. The lowest BCUT2D eigenvalue weighted by molar-refractivity contribution is 0.226. The van der Waals surface area contributed by atoms with Crippen LogP contribution in [0.3, 0.4) is 0 Å². The van der Waals surface area contributed by atoms with Crippen LogP contribution in [-0.2, 0) is 4.74 Å². The van der Waals surface area contributed by atoms with E-state index in [2.05, 4.69) is 10.4 Å². The van der Waals surface area contributed by atoms with E-state index in [1.807, 2.05) is 0 Å². The Kier molecular flexibility index (Phi) is 2.11. The third-order valence-corrected chi connectivity index (χ3v) is 3.08. The molecule has 0 aromatic rings. The van der Waals surface area contributed by atoms with Crippen molar-refractivity contribution in [3.8, 4) is 0 Å². The van der Waals surface area contributed by atoms with Crippen LogP contribution in [0.1, 0.15) is 19.3 Å². The van der Waals surface area contributed by atoms with Gasteiger partial charge in [-0.05, 0) is 19.3 Å². The van der Waals surface area contributed by atoms with Crippen LogP contribution in [0, 0.1) is 15.2 Å². The van der Waals surface area contributed by atoms with Gasteiger partial charge in [-0.1, -0.05) is 10.4 Å². The summed E-state index contributed by atoms with van der Waals surface area (Å²) in [5, 5.41) is 5.80. The van der Waals surface area contributed by atoms with Crippen molar-refractivity contribution >= 4 is 0 Å². The molecule has 0 radical (unpaired) electrons. The lowest BCUT2D eigenvalue weighted by Crippen LogP contribution is -2.33. The molecule has 2 aliphatic rings. The first-order valence-corrected chi connectivity index (χ1v) is 4.53. The Hall–Kier alpha value is -0.840. The fraction of sp³-hybridized carbons (Fsp3) is 1.00. The number of nitroso groups, excluding NO2 is 2. The van der Waals surface area contributed by atoms with E-state index in [0.717, 1.165) is 19.3 Å². The number of rotatable bonds is 4. The van der Waals surface area contributed by atoms with Crippen LogP contribution in [0.15, 0.2) is 10.4 Å². The van der Waals surface area contributed by atoms with E-state index in [9.17, 15) is 9.81 Å². The van der Waals surface area contributed by atoms with Crippen molar-refractivity contribution in [2.45, 2.75) is 31.5 Å². The Labute approximate surface area is 75.8 Å². The number of epoxide rings is 1. The number of hydrogen-bond donors (Lipinski definition) is 0. The van der Waals surface area contributed by atoms with Crippen LogP contribution in [0.4, 0.5) is 0 Å². The molecule has 2 unspecified atom stereocenters. The van der Waals surface area contributed by atoms with Crippen molar-refractivity contribution in [3.63, 3.8) is 0 Å². The predicted octanol–water partition coefficient (Wildman–Crippen LogP) is 1.46. The molecule has 5 heteroatoms. The molecule has 2 rings (SSSR count). The predicted molar refractivity (Wildman–Crippen MR) is 46.3 cm³/mol. The maximum Gasteiger partial charge on any atom is 0.0887 e. The normalized spacial score (nSPS) is 34.8. The quantitative estimate of drug-likeness (QED) is 0.490. The summed E-state index contributed by atoms with van der Waals surface area (Å²) < 4.78 is 5.34. The molecule has 0 spiro atoms. The second kappa shape index (κ2) is 3.14. The number of nitrogens with zero attached hydrogens (tertiary/aromatic N) is 2. The van der Waals surface area contributed by atoms with Crippen molar-refractivity contribution in [2.24, 2.45) is 15.8 Å². The van der Waals surface area contributed by atoms with E-state index >= 15 is 0 Å². The first-order chi connectivity index (χ1) is 6.29. The third kappa shape index (κ3) is 1.60. The lowest BCUT2D eigenvalue weighted by atomic mass is 9.74. The molecule has 1 aliphatic carbocycles. The lowest BCUT2D eigenvalue weighted by Gasteiger charge is -2.30. The molecule has 1 aliphatic heterocycles. The highest BCUT2D eigenvalue weighted by Crippen LogP contribution is 2.46. The molecule has 0 amide bonds. The van der Waals surface area contributed by atoms with Gasteiger partial charge in [-0.15, -0.1) is 0 Å². The zero-order chi connectivity index (χ0) is 9.31. The summed E-state index contributed by atoms with van der Waals surface area (Å²) in [5.41, 5.74) is -0.291. The van der Waals surface area contributed by atoms with E-state index in [4.69, 9.17) is 4.74 Å². The molecule has 1 saturated carbocycles. The zero-order valence-electron chi connectivity index (χ0n) is 7.31. The van der Waals surface area contributed by atoms with Gasteiger partial charge in [-0.3, -0.25) is 0 Å². The Morgan fingerprint density at radius 3 is 2.46 bits per heavy atom. The molecule has 5 nitrogen and oxygen atoms in total. The Balaban J connectivity index is 2.02. The van der Waals surface area contributed by atoms with Gasteiger partial charge in [0.05, 0.1) is 25.3 Å². The molecule has 0 bridgehead atoms. The summed E-state index contributed by atoms with van der Waals surface area (Å²) in [7, 11) is 0. The summed E-state index contributed by atoms with van der Waals surface area (Å²) in [4.78, 5) is 20.5. The fourth-order valence-corrected chi connectivity index (χ4v) is 2.20. The smallest absolute Gasteiger partial charge is 0.0887 e. The summed E-state index contributed by atoms with van der Waals surface area (Å²) in [5.74, 6) is 0. The standard InChI is InChI=1S/C8H12N2O3/c11-9-4-8(5-10-12)2-1-6-7(3-8)13-6/h6-7H,1-5H2. The van der Waals surface area contributed by atoms with Gasteiger partial charge in [0.25, 0.3) is 0 Å². The monoisotopic (exact) mass is 184 g/mol. The van der Waals surface area contributed by atoms with Crippen LogP contribution in [-0.4, -0.2) is 25.3 Å². The minimum Gasteiger partial charge on any atom is -0.370 e. The fourth-order valence-electron chi connectivity index (χ4n) is 2.20. The van der Waals surface area contributed by atoms with Gasteiger partial charge in [0, 0.05) is 5.41 Å². The van der Waals surface area contributed by atoms with E-state index in [1.165, 1.54) is 0 Å². The Morgan fingerprint density at radius 2 is 1.92 bits per heavy atom. The van der Waals surface area contributed by atoms with Crippen molar-refractivity contribution in [2.75, 3.05) is 13.1 Å².